The highest BCUT2D eigenvalue weighted by atomic mass is 79.9. The number of nitrogens with one attached hydrogen (secondary N) is 1. The van der Waals surface area contributed by atoms with Crippen LogP contribution in [0.5, 0.6) is 11.5 Å². The summed E-state index contributed by atoms with van der Waals surface area (Å²) in [5.41, 5.74) is 2.95. The number of phenols is 2. The average molecular weight is 385 g/mol. The largest absolute Gasteiger partial charge is 0.507 e. The van der Waals surface area contributed by atoms with Gasteiger partial charge in [-0.3, -0.25) is 4.79 Å². The Balaban J connectivity index is 1.86. The second-order valence-electron chi connectivity index (χ2n) is 5.08. The van der Waals surface area contributed by atoms with Crippen LogP contribution in [0.15, 0.2) is 64.2 Å². The van der Waals surface area contributed by atoms with Gasteiger partial charge in [0.25, 0.3) is 5.91 Å². The third kappa shape index (κ3) is 3.23. The van der Waals surface area contributed by atoms with Crippen molar-refractivity contribution in [2.24, 2.45) is 5.10 Å². The number of fused-ring (bicyclic) bond motifs is 1. The molecule has 3 aromatic carbocycles. The molecule has 0 aromatic heterocycles. The summed E-state index contributed by atoms with van der Waals surface area (Å²) in [6.07, 6.45) is 1.38. The second-order valence-corrected chi connectivity index (χ2v) is 6.00. The number of nitrogens with zero attached hydrogens (tertiary/aromatic N) is 1. The summed E-state index contributed by atoms with van der Waals surface area (Å²) in [5.74, 6) is -0.624. The molecule has 3 aromatic rings. The van der Waals surface area contributed by atoms with Crippen LogP contribution in [0.25, 0.3) is 10.8 Å². The fourth-order valence-corrected chi connectivity index (χ4v) is 2.69. The van der Waals surface area contributed by atoms with E-state index in [-0.39, 0.29) is 17.1 Å². The topological polar surface area (TPSA) is 81.9 Å². The number of hydrazone groups is 1. The van der Waals surface area contributed by atoms with Gasteiger partial charge in [0.1, 0.15) is 11.5 Å². The molecule has 0 aliphatic carbocycles. The Hall–Kier alpha value is -2.86. The van der Waals surface area contributed by atoms with Crippen LogP contribution >= 0.6 is 15.9 Å². The molecular formula is C18H13BrN2O3. The van der Waals surface area contributed by atoms with E-state index < -0.39 is 5.91 Å². The number of carbonyl (C=O) groups is 1. The van der Waals surface area contributed by atoms with Gasteiger partial charge in [0.2, 0.25) is 0 Å². The minimum atomic E-state index is -0.551. The Kier molecular flexibility index (Phi) is 4.48. The summed E-state index contributed by atoms with van der Waals surface area (Å²) < 4.78 is 0.668. The third-order valence-electron chi connectivity index (χ3n) is 3.51. The van der Waals surface area contributed by atoms with E-state index >= 15 is 0 Å². The van der Waals surface area contributed by atoms with Crippen molar-refractivity contribution in [3.63, 3.8) is 0 Å². The molecule has 0 aliphatic rings. The van der Waals surface area contributed by atoms with Crippen molar-refractivity contribution >= 4 is 38.8 Å². The number of amides is 1. The zero-order chi connectivity index (χ0) is 17.1. The van der Waals surface area contributed by atoms with Crippen LogP contribution in [0.3, 0.4) is 0 Å². The first kappa shape index (κ1) is 16.0. The van der Waals surface area contributed by atoms with Crippen LogP contribution in [0.1, 0.15) is 15.9 Å². The van der Waals surface area contributed by atoms with E-state index in [1.54, 1.807) is 18.2 Å². The number of aromatic hydroxyl groups is 2. The molecule has 0 spiro atoms. The smallest absolute Gasteiger partial charge is 0.275 e. The molecule has 3 N–H and O–H groups in total. The van der Waals surface area contributed by atoms with Crippen molar-refractivity contribution in [1.29, 1.82) is 0 Å². The minimum absolute atomic E-state index is 0.0667. The summed E-state index contributed by atoms with van der Waals surface area (Å²) >= 11 is 3.24. The molecule has 5 nitrogen and oxygen atoms in total. The van der Waals surface area contributed by atoms with E-state index in [0.717, 1.165) is 10.8 Å². The van der Waals surface area contributed by atoms with Crippen LogP contribution < -0.4 is 5.43 Å². The van der Waals surface area contributed by atoms with Gasteiger partial charge < -0.3 is 10.2 Å². The lowest BCUT2D eigenvalue weighted by molar-refractivity contribution is 0.0952. The van der Waals surface area contributed by atoms with E-state index in [2.05, 4.69) is 26.5 Å². The van der Waals surface area contributed by atoms with Crippen molar-refractivity contribution in [1.82, 2.24) is 5.43 Å². The molecule has 3 rings (SSSR count). The molecule has 0 unspecified atom stereocenters. The number of rotatable bonds is 3. The highest BCUT2D eigenvalue weighted by Gasteiger charge is 2.11. The SMILES string of the molecule is O=C(N/N=C\c1c(O)ccc2ccccc12)c1cc(Br)ccc1O. The summed E-state index contributed by atoms with van der Waals surface area (Å²) in [5, 5.41) is 25.4. The molecule has 0 radical (unpaired) electrons. The predicted octanol–water partition coefficient (Wildman–Crippen LogP) is 3.78. The number of phenolic OH excluding ortho intramolecular Hbond substituents is 2. The zero-order valence-corrected chi connectivity index (χ0v) is 14.0. The van der Waals surface area contributed by atoms with Gasteiger partial charge >= 0.3 is 0 Å². The van der Waals surface area contributed by atoms with Crippen LogP contribution in [0, 0.1) is 0 Å². The summed E-state index contributed by atoms with van der Waals surface area (Å²) in [6.45, 7) is 0. The van der Waals surface area contributed by atoms with Crippen LogP contribution in [-0.2, 0) is 0 Å². The number of hydrogen-bond acceptors (Lipinski definition) is 4. The fraction of sp³-hybridized carbons (Fsp3) is 0. The molecule has 0 saturated heterocycles. The Morgan fingerprint density at radius 3 is 2.62 bits per heavy atom. The molecule has 0 saturated carbocycles. The second kappa shape index (κ2) is 6.72. The summed E-state index contributed by atoms with van der Waals surface area (Å²) in [6, 6.07) is 15.5. The first-order valence-corrected chi connectivity index (χ1v) is 7.88. The zero-order valence-electron chi connectivity index (χ0n) is 12.4. The van der Waals surface area contributed by atoms with Crippen LogP contribution in [-0.4, -0.2) is 22.3 Å². The maximum atomic E-state index is 12.1. The minimum Gasteiger partial charge on any atom is -0.507 e. The van der Waals surface area contributed by atoms with E-state index in [1.807, 2.05) is 24.3 Å². The maximum absolute atomic E-state index is 12.1. The van der Waals surface area contributed by atoms with Crippen molar-refractivity contribution < 1.29 is 15.0 Å². The van der Waals surface area contributed by atoms with Crippen molar-refractivity contribution in [3.8, 4) is 11.5 Å². The quantitative estimate of drug-likeness (QED) is 0.474. The van der Waals surface area contributed by atoms with Crippen LogP contribution in [0.4, 0.5) is 0 Å². The lowest BCUT2D eigenvalue weighted by Gasteiger charge is -2.05. The molecule has 24 heavy (non-hydrogen) atoms. The lowest BCUT2D eigenvalue weighted by atomic mass is 10.0. The van der Waals surface area contributed by atoms with Gasteiger partial charge in [-0.1, -0.05) is 46.3 Å². The monoisotopic (exact) mass is 384 g/mol. The molecule has 0 heterocycles. The molecule has 6 heteroatoms. The molecule has 120 valence electrons. The number of benzene rings is 3. The Morgan fingerprint density at radius 2 is 1.79 bits per heavy atom. The van der Waals surface area contributed by atoms with Crippen molar-refractivity contribution in [3.05, 3.63) is 70.2 Å². The number of carbonyl (C=O) groups excluding carboxylic acids is 1. The average Bonchev–Trinajstić information content (AvgIpc) is 2.59. The van der Waals surface area contributed by atoms with E-state index in [4.69, 9.17) is 0 Å². The molecular weight excluding hydrogens is 372 g/mol. The van der Waals surface area contributed by atoms with Gasteiger partial charge in [0.15, 0.2) is 0 Å². The molecule has 0 atom stereocenters. The van der Waals surface area contributed by atoms with E-state index in [9.17, 15) is 15.0 Å². The predicted molar refractivity (Wildman–Crippen MR) is 96.5 cm³/mol. The van der Waals surface area contributed by atoms with Crippen molar-refractivity contribution in [2.75, 3.05) is 0 Å². The molecule has 1 amide bonds. The molecule has 0 bridgehead atoms. The van der Waals surface area contributed by atoms with Crippen molar-refractivity contribution in [2.45, 2.75) is 0 Å². The van der Waals surface area contributed by atoms with Gasteiger partial charge in [-0.25, -0.2) is 5.43 Å². The highest BCUT2D eigenvalue weighted by Crippen LogP contribution is 2.25. The van der Waals surface area contributed by atoms with E-state index in [0.29, 0.717) is 10.0 Å². The lowest BCUT2D eigenvalue weighted by Crippen LogP contribution is -2.17. The molecule has 0 aliphatic heterocycles. The third-order valence-corrected chi connectivity index (χ3v) is 4.00. The standard InChI is InChI=1S/C18H13BrN2O3/c19-12-6-8-16(22)14(9-12)18(24)21-20-10-15-13-4-2-1-3-11(13)5-7-17(15)23/h1-10,22-23H,(H,21,24)/b20-10-. The first-order chi connectivity index (χ1) is 11.6. The van der Waals surface area contributed by atoms with Gasteiger partial charge in [-0.15, -0.1) is 0 Å². The highest BCUT2D eigenvalue weighted by molar-refractivity contribution is 9.10. The summed E-state index contributed by atoms with van der Waals surface area (Å²) in [4.78, 5) is 12.1. The first-order valence-electron chi connectivity index (χ1n) is 7.09. The maximum Gasteiger partial charge on any atom is 0.275 e. The van der Waals surface area contributed by atoms with Gasteiger partial charge in [-0.05, 0) is 35.0 Å². The van der Waals surface area contributed by atoms with E-state index in [1.165, 1.54) is 18.3 Å². The Morgan fingerprint density at radius 1 is 1.04 bits per heavy atom. The van der Waals surface area contributed by atoms with Crippen LogP contribution in [0.2, 0.25) is 0 Å². The Labute approximate surface area is 146 Å². The number of hydrogen-bond donors (Lipinski definition) is 3. The normalized spacial score (nSPS) is 11.0. The Bertz CT molecular complexity index is 954. The van der Waals surface area contributed by atoms with Gasteiger partial charge in [0, 0.05) is 10.0 Å². The van der Waals surface area contributed by atoms with Gasteiger partial charge in [-0.2, -0.15) is 5.10 Å². The fourth-order valence-electron chi connectivity index (χ4n) is 2.33. The molecule has 0 fully saturated rings. The summed E-state index contributed by atoms with van der Waals surface area (Å²) in [7, 11) is 0. The van der Waals surface area contributed by atoms with Gasteiger partial charge in [0.05, 0.1) is 11.8 Å². The number of halogens is 1.